The van der Waals surface area contributed by atoms with Crippen LogP contribution in [0.5, 0.6) is 0 Å². The second kappa shape index (κ2) is 4.11. The first-order chi connectivity index (χ1) is 9.63. The van der Waals surface area contributed by atoms with E-state index in [1.807, 2.05) is 11.7 Å². The fourth-order valence-corrected chi connectivity index (χ4v) is 3.88. The highest BCUT2D eigenvalue weighted by atomic mass is 15.3. The van der Waals surface area contributed by atoms with Crippen molar-refractivity contribution in [3.05, 3.63) is 35.5 Å². The lowest BCUT2D eigenvalue weighted by atomic mass is 9.92. The van der Waals surface area contributed by atoms with Crippen LogP contribution in [0.4, 0.5) is 5.82 Å². The minimum Gasteiger partial charge on any atom is -0.383 e. The second-order valence-electron chi connectivity index (χ2n) is 6.56. The highest BCUT2D eigenvalue weighted by Gasteiger charge is 2.47. The lowest BCUT2D eigenvalue weighted by Crippen LogP contribution is -2.00. The molecule has 2 atom stereocenters. The van der Waals surface area contributed by atoms with Crippen LogP contribution >= 0.6 is 0 Å². The summed E-state index contributed by atoms with van der Waals surface area (Å²) in [7, 11) is 1.95. The summed E-state index contributed by atoms with van der Waals surface area (Å²) in [5.74, 6) is 3.34. The third-order valence-electron chi connectivity index (χ3n) is 5.06. The summed E-state index contributed by atoms with van der Waals surface area (Å²) >= 11 is 0. The number of nitrogens with two attached hydrogens (primary N) is 1. The molecule has 0 bridgehead atoms. The summed E-state index contributed by atoms with van der Waals surface area (Å²) in [5.41, 5.74) is 11.2. The molecule has 3 nitrogen and oxygen atoms in total. The number of rotatable bonds is 2. The first-order valence-corrected chi connectivity index (χ1v) is 7.53. The highest BCUT2D eigenvalue weighted by Crippen LogP contribution is 2.58. The quantitative estimate of drug-likeness (QED) is 0.905. The maximum atomic E-state index is 6.30. The first kappa shape index (κ1) is 12.0. The first-order valence-electron chi connectivity index (χ1n) is 7.53. The van der Waals surface area contributed by atoms with Crippen molar-refractivity contribution in [1.29, 1.82) is 0 Å². The zero-order valence-corrected chi connectivity index (χ0v) is 12.1. The van der Waals surface area contributed by atoms with E-state index in [0.717, 1.165) is 17.7 Å². The van der Waals surface area contributed by atoms with Crippen LogP contribution < -0.4 is 5.73 Å². The van der Waals surface area contributed by atoms with Crippen molar-refractivity contribution in [3.8, 4) is 11.1 Å². The third kappa shape index (κ3) is 1.76. The van der Waals surface area contributed by atoms with E-state index in [2.05, 4.69) is 31.2 Å². The van der Waals surface area contributed by atoms with E-state index < -0.39 is 0 Å². The predicted molar refractivity (Wildman–Crippen MR) is 81.4 cm³/mol. The molecule has 0 saturated heterocycles. The van der Waals surface area contributed by atoms with Crippen LogP contribution in [0.2, 0.25) is 0 Å². The number of aryl methyl sites for hydroxylation is 2. The van der Waals surface area contributed by atoms with Crippen LogP contribution in [0.15, 0.2) is 24.3 Å². The van der Waals surface area contributed by atoms with E-state index in [9.17, 15) is 0 Å². The van der Waals surface area contributed by atoms with Gasteiger partial charge in [0.2, 0.25) is 0 Å². The lowest BCUT2D eigenvalue weighted by Gasteiger charge is -2.12. The summed E-state index contributed by atoms with van der Waals surface area (Å²) in [6.45, 7) is 2.13. The third-order valence-corrected chi connectivity index (χ3v) is 5.06. The maximum Gasteiger partial charge on any atom is 0.129 e. The molecule has 104 valence electrons. The van der Waals surface area contributed by atoms with E-state index in [0.29, 0.717) is 5.92 Å². The Kier molecular flexibility index (Phi) is 2.47. The van der Waals surface area contributed by atoms with Gasteiger partial charge in [-0.1, -0.05) is 29.8 Å². The van der Waals surface area contributed by atoms with Gasteiger partial charge in [-0.2, -0.15) is 5.10 Å². The molecule has 0 radical (unpaired) electrons. The summed E-state index contributed by atoms with van der Waals surface area (Å²) in [4.78, 5) is 0. The monoisotopic (exact) mass is 267 g/mol. The van der Waals surface area contributed by atoms with Crippen LogP contribution in [0.25, 0.3) is 11.1 Å². The molecular formula is C17H21N3. The second-order valence-corrected chi connectivity index (χ2v) is 6.56. The summed E-state index contributed by atoms with van der Waals surface area (Å²) in [6.07, 6.45) is 4.05. The summed E-state index contributed by atoms with van der Waals surface area (Å²) in [6, 6.07) is 8.60. The van der Waals surface area contributed by atoms with Crippen molar-refractivity contribution >= 4 is 5.82 Å². The fourth-order valence-electron chi connectivity index (χ4n) is 3.88. The Morgan fingerprint density at radius 3 is 2.65 bits per heavy atom. The fraction of sp³-hybridized carbons (Fsp3) is 0.471. The number of hydrogen-bond donors (Lipinski definition) is 1. The molecule has 2 aromatic rings. The van der Waals surface area contributed by atoms with Crippen molar-refractivity contribution in [2.75, 3.05) is 5.73 Å². The molecule has 20 heavy (non-hydrogen) atoms. The average Bonchev–Trinajstić information content (AvgIpc) is 2.91. The van der Waals surface area contributed by atoms with Crippen LogP contribution in [0.1, 0.15) is 36.4 Å². The number of fused-ring (bicyclic) bond motifs is 1. The van der Waals surface area contributed by atoms with Gasteiger partial charge in [-0.25, -0.2) is 0 Å². The Morgan fingerprint density at radius 1 is 1.20 bits per heavy atom. The number of aromatic nitrogens is 2. The molecule has 1 heterocycles. The number of hydrogen-bond acceptors (Lipinski definition) is 2. The largest absolute Gasteiger partial charge is 0.383 e. The lowest BCUT2D eigenvalue weighted by molar-refractivity contribution is 0.594. The van der Waals surface area contributed by atoms with Crippen molar-refractivity contribution in [3.63, 3.8) is 0 Å². The van der Waals surface area contributed by atoms with Crippen molar-refractivity contribution in [1.82, 2.24) is 9.78 Å². The Balaban J connectivity index is 1.81. The Labute approximate surface area is 119 Å². The van der Waals surface area contributed by atoms with Crippen molar-refractivity contribution in [2.24, 2.45) is 18.9 Å². The maximum absolute atomic E-state index is 6.30. The zero-order valence-electron chi connectivity index (χ0n) is 12.1. The van der Waals surface area contributed by atoms with Gasteiger partial charge in [0.1, 0.15) is 5.82 Å². The van der Waals surface area contributed by atoms with Crippen molar-refractivity contribution in [2.45, 2.75) is 32.1 Å². The molecule has 2 fully saturated rings. The summed E-state index contributed by atoms with van der Waals surface area (Å²) < 4.78 is 1.84. The van der Waals surface area contributed by atoms with E-state index in [1.54, 1.807) is 0 Å². The van der Waals surface area contributed by atoms with E-state index in [-0.39, 0.29) is 0 Å². The number of anilines is 1. The molecule has 4 rings (SSSR count). The Morgan fingerprint density at radius 2 is 1.95 bits per heavy atom. The molecule has 2 saturated carbocycles. The van der Waals surface area contributed by atoms with Crippen molar-refractivity contribution < 1.29 is 0 Å². The standard InChI is InChI=1S/C17H21N3/c1-10-4-3-5-11(6-10)15-16(19-20(2)17(15)18)14-8-12-7-13(12)9-14/h3-6,12-14H,7-9,18H2,1-2H3. The van der Waals surface area contributed by atoms with Crippen LogP contribution in [0, 0.1) is 18.8 Å². The Bertz CT molecular complexity index is 661. The molecule has 0 amide bonds. The molecule has 0 spiro atoms. The topological polar surface area (TPSA) is 43.8 Å². The van der Waals surface area contributed by atoms with Gasteiger partial charge >= 0.3 is 0 Å². The molecule has 3 heteroatoms. The van der Waals surface area contributed by atoms with Crippen LogP contribution in [0.3, 0.4) is 0 Å². The molecule has 2 aliphatic carbocycles. The zero-order chi connectivity index (χ0) is 13.9. The van der Waals surface area contributed by atoms with Gasteiger partial charge < -0.3 is 5.73 Å². The molecule has 2 aliphatic rings. The normalized spacial score (nSPS) is 27.6. The van der Waals surface area contributed by atoms with Gasteiger partial charge in [-0.15, -0.1) is 0 Å². The average molecular weight is 267 g/mol. The number of nitrogens with zero attached hydrogens (tertiary/aromatic N) is 2. The summed E-state index contributed by atoms with van der Waals surface area (Å²) in [5, 5.41) is 4.74. The molecule has 1 aromatic carbocycles. The smallest absolute Gasteiger partial charge is 0.129 e. The predicted octanol–water partition coefficient (Wildman–Crippen LogP) is 3.49. The Hall–Kier alpha value is -1.77. The highest BCUT2D eigenvalue weighted by molar-refractivity contribution is 5.77. The van der Waals surface area contributed by atoms with Gasteiger partial charge in [-0.3, -0.25) is 4.68 Å². The SMILES string of the molecule is Cc1cccc(-c2c(C3CC4CC4C3)nn(C)c2N)c1. The van der Waals surface area contributed by atoms with Gasteiger partial charge in [0.15, 0.2) is 0 Å². The van der Waals surface area contributed by atoms with Gasteiger partial charge in [0.05, 0.1) is 5.69 Å². The molecule has 2 N–H and O–H groups in total. The van der Waals surface area contributed by atoms with E-state index >= 15 is 0 Å². The number of benzene rings is 1. The molecule has 2 unspecified atom stereocenters. The molecule has 0 aliphatic heterocycles. The van der Waals surface area contributed by atoms with E-state index in [1.165, 1.54) is 41.6 Å². The number of nitrogen functional groups attached to an aromatic ring is 1. The molecule has 1 aromatic heterocycles. The molecular weight excluding hydrogens is 246 g/mol. The minimum absolute atomic E-state index is 0.609. The van der Waals surface area contributed by atoms with E-state index in [4.69, 9.17) is 10.8 Å². The van der Waals surface area contributed by atoms with Crippen LogP contribution in [-0.2, 0) is 7.05 Å². The van der Waals surface area contributed by atoms with Gasteiger partial charge in [-0.05, 0) is 43.6 Å². The minimum atomic E-state index is 0.609. The van der Waals surface area contributed by atoms with Gasteiger partial charge in [0, 0.05) is 18.5 Å². The van der Waals surface area contributed by atoms with Gasteiger partial charge in [0.25, 0.3) is 0 Å². The van der Waals surface area contributed by atoms with Crippen LogP contribution in [-0.4, -0.2) is 9.78 Å².